The second-order valence-corrected chi connectivity index (χ2v) is 8.88. The summed E-state index contributed by atoms with van der Waals surface area (Å²) in [7, 11) is 0. The summed E-state index contributed by atoms with van der Waals surface area (Å²) >= 11 is 0. The summed E-state index contributed by atoms with van der Waals surface area (Å²) in [6, 6.07) is 10.8. The van der Waals surface area contributed by atoms with Crippen LogP contribution in [0.5, 0.6) is 0 Å². The smallest absolute Gasteiger partial charge is 0.0121 e. The van der Waals surface area contributed by atoms with Crippen LogP contribution in [-0.2, 0) is 6.42 Å². The maximum Gasteiger partial charge on any atom is 0.0121 e. The molecule has 0 aliphatic carbocycles. The zero-order chi connectivity index (χ0) is 18.5. The zero-order valence-corrected chi connectivity index (χ0v) is 17.5. The molecule has 26 heavy (non-hydrogen) atoms. The van der Waals surface area contributed by atoms with E-state index in [0.717, 1.165) is 6.04 Å². The summed E-state index contributed by atoms with van der Waals surface area (Å²) < 4.78 is 0. The van der Waals surface area contributed by atoms with Gasteiger partial charge in [0, 0.05) is 44.8 Å². The third kappa shape index (κ3) is 5.31. The predicted octanol–water partition coefficient (Wildman–Crippen LogP) is 3.84. The van der Waals surface area contributed by atoms with Crippen molar-refractivity contribution in [1.82, 2.24) is 14.7 Å². The molecule has 0 aromatic heterocycles. The van der Waals surface area contributed by atoms with E-state index in [0.29, 0.717) is 12.0 Å². The van der Waals surface area contributed by atoms with Gasteiger partial charge < -0.3 is 4.90 Å². The number of hydrogen-bond acceptors (Lipinski definition) is 3. The van der Waals surface area contributed by atoms with Crippen molar-refractivity contribution >= 4 is 0 Å². The standard InChI is InChI=1S/C23H39N3/c1-19(2)22-7-5-21(6-8-22)9-12-24-13-10-23(11-14-24)26-17-15-25(16-18-26)20(3)4/h5-8,19-20,23H,9-18H2,1-4H3. The van der Waals surface area contributed by atoms with Gasteiger partial charge in [-0.1, -0.05) is 38.1 Å². The van der Waals surface area contributed by atoms with Crippen LogP contribution < -0.4 is 0 Å². The molecule has 0 bridgehead atoms. The Morgan fingerprint density at radius 2 is 1.46 bits per heavy atom. The zero-order valence-electron chi connectivity index (χ0n) is 17.5. The Kier molecular flexibility index (Phi) is 7.13. The fourth-order valence-electron chi connectivity index (χ4n) is 4.48. The van der Waals surface area contributed by atoms with E-state index < -0.39 is 0 Å². The summed E-state index contributed by atoms with van der Waals surface area (Å²) in [5.74, 6) is 0.630. The van der Waals surface area contributed by atoms with Crippen molar-refractivity contribution in [1.29, 1.82) is 0 Å². The van der Waals surface area contributed by atoms with E-state index in [-0.39, 0.29) is 0 Å². The van der Waals surface area contributed by atoms with Gasteiger partial charge in [-0.15, -0.1) is 0 Å². The van der Waals surface area contributed by atoms with Crippen molar-refractivity contribution in [3.63, 3.8) is 0 Å². The average Bonchev–Trinajstić information content (AvgIpc) is 2.67. The largest absolute Gasteiger partial charge is 0.303 e. The van der Waals surface area contributed by atoms with Gasteiger partial charge in [-0.3, -0.25) is 9.80 Å². The number of hydrogen-bond donors (Lipinski definition) is 0. The lowest BCUT2D eigenvalue weighted by Crippen LogP contribution is -2.54. The Bertz CT molecular complexity index is 521. The molecule has 2 heterocycles. The van der Waals surface area contributed by atoms with Gasteiger partial charge in [0.05, 0.1) is 0 Å². The minimum Gasteiger partial charge on any atom is -0.303 e. The van der Waals surface area contributed by atoms with Gasteiger partial charge in [-0.2, -0.15) is 0 Å². The van der Waals surface area contributed by atoms with Gasteiger partial charge in [-0.05, 0) is 63.2 Å². The number of piperidine rings is 1. The van der Waals surface area contributed by atoms with Crippen molar-refractivity contribution in [2.75, 3.05) is 45.8 Å². The molecular formula is C23H39N3. The predicted molar refractivity (Wildman–Crippen MR) is 112 cm³/mol. The Morgan fingerprint density at radius 3 is 2.00 bits per heavy atom. The van der Waals surface area contributed by atoms with Crippen LogP contribution in [0.1, 0.15) is 57.6 Å². The SMILES string of the molecule is CC(C)c1ccc(CCN2CCC(N3CCN(C(C)C)CC3)CC2)cc1. The highest BCUT2D eigenvalue weighted by Gasteiger charge is 2.27. The molecule has 2 fully saturated rings. The highest BCUT2D eigenvalue weighted by molar-refractivity contribution is 5.24. The molecule has 2 aliphatic heterocycles. The maximum absolute atomic E-state index is 2.76. The highest BCUT2D eigenvalue weighted by Crippen LogP contribution is 2.20. The topological polar surface area (TPSA) is 9.72 Å². The number of likely N-dealkylation sites (tertiary alicyclic amines) is 1. The summed E-state index contributed by atoms with van der Waals surface area (Å²) in [5.41, 5.74) is 2.94. The lowest BCUT2D eigenvalue weighted by Gasteiger charge is -2.43. The molecule has 3 heteroatoms. The first-order chi connectivity index (χ1) is 12.5. The Balaban J connectivity index is 1.37. The number of benzene rings is 1. The summed E-state index contributed by atoms with van der Waals surface area (Å²) in [6.45, 7) is 18.0. The van der Waals surface area contributed by atoms with E-state index in [2.05, 4.69) is 66.7 Å². The fourth-order valence-corrected chi connectivity index (χ4v) is 4.48. The van der Waals surface area contributed by atoms with Crippen LogP contribution >= 0.6 is 0 Å². The van der Waals surface area contributed by atoms with Crippen molar-refractivity contribution in [2.24, 2.45) is 0 Å². The van der Waals surface area contributed by atoms with Gasteiger partial charge in [-0.25, -0.2) is 0 Å². The molecule has 0 spiro atoms. The van der Waals surface area contributed by atoms with Gasteiger partial charge in [0.2, 0.25) is 0 Å². The van der Waals surface area contributed by atoms with E-state index in [9.17, 15) is 0 Å². The van der Waals surface area contributed by atoms with E-state index >= 15 is 0 Å². The first-order valence-electron chi connectivity index (χ1n) is 10.8. The highest BCUT2D eigenvalue weighted by atomic mass is 15.3. The van der Waals surface area contributed by atoms with Crippen molar-refractivity contribution < 1.29 is 0 Å². The van der Waals surface area contributed by atoms with Crippen LogP contribution in [0.2, 0.25) is 0 Å². The third-order valence-corrected chi connectivity index (χ3v) is 6.52. The van der Waals surface area contributed by atoms with E-state index in [1.54, 1.807) is 0 Å². The summed E-state index contributed by atoms with van der Waals surface area (Å²) in [4.78, 5) is 8.06. The average molecular weight is 358 g/mol. The second kappa shape index (κ2) is 9.34. The lowest BCUT2D eigenvalue weighted by molar-refractivity contribution is 0.0487. The van der Waals surface area contributed by atoms with Crippen LogP contribution in [0.15, 0.2) is 24.3 Å². The van der Waals surface area contributed by atoms with Gasteiger partial charge >= 0.3 is 0 Å². The van der Waals surface area contributed by atoms with Gasteiger partial charge in [0.15, 0.2) is 0 Å². The van der Waals surface area contributed by atoms with Crippen LogP contribution in [0.4, 0.5) is 0 Å². The third-order valence-electron chi connectivity index (χ3n) is 6.52. The quantitative estimate of drug-likeness (QED) is 0.766. The Hall–Kier alpha value is -0.900. The van der Waals surface area contributed by atoms with Crippen LogP contribution in [0.3, 0.4) is 0 Å². The second-order valence-electron chi connectivity index (χ2n) is 8.88. The molecule has 3 nitrogen and oxygen atoms in total. The number of rotatable bonds is 6. The molecule has 0 unspecified atom stereocenters. The molecule has 0 N–H and O–H groups in total. The number of piperazine rings is 1. The van der Waals surface area contributed by atoms with E-state index in [4.69, 9.17) is 0 Å². The Morgan fingerprint density at radius 1 is 0.846 bits per heavy atom. The summed E-state index contributed by atoms with van der Waals surface area (Å²) in [5, 5.41) is 0. The van der Waals surface area contributed by atoms with Crippen molar-refractivity contribution in [3.8, 4) is 0 Å². The minimum absolute atomic E-state index is 0.630. The maximum atomic E-state index is 2.76. The molecule has 2 saturated heterocycles. The molecule has 0 amide bonds. The van der Waals surface area contributed by atoms with E-state index in [1.165, 1.54) is 76.2 Å². The minimum atomic E-state index is 0.630. The molecule has 2 aliphatic rings. The molecule has 1 aromatic carbocycles. The molecule has 146 valence electrons. The first-order valence-corrected chi connectivity index (χ1v) is 10.8. The van der Waals surface area contributed by atoms with Gasteiger partial charge in [0.25, 0.3) is 0 Å². The number of nitrogens with zero attached hydrogens (tertiary/aromatic N) is 3. The Labute approximate surface area is 161 Å². The molecule has 0 radical (unpaired) electrons. The fraction of sp³-hybridized carbons (Fsp3) is 0.739. The molecular weight excluding hydrogens is 318 g/mol. The van der Waals surface area contributed by atoms with Gasteiger partial charge in [0.1, 0.15) is 0 Å². The summed E-state index contributed by atoms with van der Waals surface area (Å²) in [6.07, 6.45) is 3.90. The molecule has 1 aromatic rings. The van der Waals surface area contributed by atoms with Crippen LogP contribution in [0.25, 0.3) is 0 Å². The van der Waals surface area contributed by atoms with Crippen LogP contribution in [0, 0.1) is 0 Å². The van der Waals surface area contributed by atoms with Crippen LogP contribution in [-0.4, -0.2) is 72.6 Å². The van der Waals surface area contributed by atoms with Crippen molar-refractivity contribution in [3.05, 3.63) is 35.4 Å². The molecule has 3 rings (SSSR count). The normalized spacial score (nSPS) is 21.8. The first kappa shape index (κ1) is 19.9. The lowest BCUT2D eigenvalue weighted by atomic mass is 9.99. The monoisotopic (exact) mass is 357 g/mol. The van der Waals surface area contributed by atoms with Crippen molar-refractivity contribution in [2.45, 2.75) is 65.0 Å². The molecule has 0 atom stereocenters. The van der Waals surface area contributed by atoms with E-state index in [1.807, 2.05) is 0 Å². The molecule has 0 saturated carbocycles.